The number of benzene rings is 1. The van der Waals surface area contributed by atoms with E-state index in [9.17, 15) is 0 Å². The number of pyridine rings is 1. The Morgan fingerprint density at radius 1 is 1.23 bits per heavy atom. The molecule has 0 spiro atoms. The summed E-state index contributed by atoms with van der Waals surface area (Å²) < 4.78 is 7.81. The van der Waals surface area contributed by atoms with Crippen LogP contribution in [0, 0.1) is 0 Å². The highest BCUT2D eigenvalue weighted by Gasteiger charge is 2.20. The van der Waals surface area contributed by atoms with Crippen LogP contribution < -0.4 is 15.4 Å². The topological polar surface area (TPSA) is 64.0 Å². The van der Waals surface area contributed by atoms with Crippen molar-refractivity contribution in [2.45, 2.75) is 12.5 Å². The number of hydrogen-bond acceptors (Lipinski definition) is 5. The highest BCUT2D eigenvalue weighted by atomic mass is 16.5. The summed E-state index contributed by atoms with van der Waals surface area (Å²) >= 11 is 0. The first-order valence-electron chi connectivity index (χ1n) is 8.92. The van der Waals surface area contributed by atoms with Gasteiger partial charge in [-0.3, -0.25) is 4.68 Å². The molecule has 0 bridgehead atoms. The molecule has 3 heterocycles. The molecule has 1 unspecified atom stereocenters. The van der Waals surface area contributed by atoms with Gasteiger partial charge in [-0.05, 0) is 24.6 Å². The molecule has 0 fully saturated rings. The molecule has 0 saturated heterocycles. The average Bonchev–Trinajstić information content (AvgIpc) is 3.12. The lowest BCUT2D eigenvalue weighted by Gasteiger charge is -2.27. The van der Waals surface area contributed by atoms with Gasteiger partial charge in [0.15, 0.2) is 0 Å². The van der Waals surface area contributed by atoms with E-state index < -0.39 is 0 Å². The van der Waals surface area contributed by atoms with Crippen molar-refractivity contribution < 1.29 is 4.74 Å². The van der Waals surface area contributed by atoms with Gasteiger partial charge in [-0.1, -0.05) is 30.3 Å². The van der Waals surface area contributed by atoms with Crippen molar-refractivity contribution in [2.24, 2.45) is 7.05 Å². The normalized spacial score (nSPS) is 15.8. The zero-order valence-corrected chi connectivity index (χ0v) is 14.9. The van der Waals surface area contributed by atoms with Gasteiger partial charge in [0.25, 0.3) is 0 Å². The SMILES string of the molecule is Cn1cc(-c2cnc3c(c2)NCC(CNCCc2ccccc2)O3)cn1. The summed E-state index contributed by atoms with van der Waals surface area (Å²) in [6.07, 6.45) is 6.75. The van der Waals surface area contributed by atoms with Gasteiger partial charge in [-0.2, -0.15) is 5.10 Å². The second-order valence-corrected chi connectivity index (χ2v) is 6.54. The molecule has 134 valence electrons. The minimum atomic E-state index is 0.0787. The molecular formula is C20H23N5O. The van der Waals surface area contributed by atoms with Crippen LogP contribution in [0.25, 0.3) is 11.1 Å². The fourth-order valence-electron chi connectivity index (χ4n) is 3.08. The number of ether oxygens (including phenoxy) is 1. The summed E-state index contributed by atoms with van der Waals surface area (Å²) in [5.74, 6) is 0.666. The number of fused-ring (bicyclic) bond motifs is 1. The standard InChI is InChI=1S/C20H23N5O/c1-25-14-17(11-24-25)16-9-19-20(23-10-16)26-18(13-22-19)12-21-8-7-15-5-3-2-4-6-15/h2-6,9-11,14,18,21-22H,7-8,12-13H2,1H3. The van der Waals surface area contributed by atoms with Crippen LogP contribution in [0.3, 0.4) is 0 Å². The Morgan fingerprint density at radius 2 is 2.12 bits per heavy atom. The Kier molecular flexibility index (Phi) is 4.84. The molecule has 0 amide bonds. The van der Waals surface area contributed by atoms with E-state index in [1.54, 1.807) is 4.68 Å². The Bertz CT molecular complexity index is 862. The molecule has 1 aromatic carbocycles. The zero-order chi connectivity index (χ0) is 17.8. The van der Waals surface area contributed by atoms with E-state index in [1.165, 1.54) is 5.56 Å². The molecule has 3 aromatic rings. The van der Waals surface area contributed by atoms with Crippen LogP contribution in [0.1, 0.15) is 5.56 Å². The van der Waals surface area contributed by atoms with E-state index in [-0.39, 0.29) is 6.10 Å². The molecule has 0 saturated carbocycles. The highest BCUT2D eigenvalue weighted by molar-refractivity contribution is 5.69. The molecule has 1 aliphatic heterocycles. The van der Waals surface area contributed by atoms with Crippen molar-refractivity contribution in [2.75, 3.05) is 25.0 Å². The summed E-state index contributed by atoms with van der Waals surface area (Å²) in [6.45, 7) is 2.50. The molecule has 1 atom stereocenters. The number of nitrogens with one attached hydrogen (secondary N) is 2. The van der Waals surface area contributed by atoms with Gasteiger partial charge in [-0.25, -0.2) is 4.98 Å². The minimum Gasteiger partial charge on any atom is -0.470 e. The third kappa shape index (κ3) is 3.86. The number of aryl methyl sites for hydroxylation is 1. The molecule has 26 heavy (non-hydrogen) atoms. The number of nitrogens with zero attached hydrogens (tertiary/aromatic N) is 3. The number of hydrogen-bond donors (Lipinski definition) is 2. The lowest BCUT2D eigenvalue weighted by atomic mass is 10.1. The first-order valence-corrected chi connectivity index (χ1v) is 8.92. The van der Waals surface area contributed by atoms with E-state index in [0.29, 0.717) is 5.88 Å². The van der Waals surface area contributed by atoms with Gasteiger partial charge in [0, 0.05) is 37.1 Å². The van der Waals surface area contributed by atoms with Crippen molar-refractivity contribution in [3.8, 4) is 17.0 Å². The van der Waals surface area contributed by atoms with Gasteiger partial charge in [0.05, 0.1) is 18.4 Å². The van der Waals surface area contributed by atoms with Crippen LogP contribution in [0.15, 0.2) is 55.0 Å². The molecule has 0 radical (unpaired) electrons. The molecule has 6 heteroatoms. The van der Waals surface area contributed by atoms with Crippen LogP contribution in [-0.2, 0) is 13.5 Å². The zero-order valence-electron chi connectivity index (χ0n) is 14.9. The quantitative estimate of drug-likeness (QED) is 0.670. The molecule has 0 aliphatic carbocycles. The second-order valence-electron chi connectivity index (χ2n) is 6.54. The first-order chi connectivity index (χ1) is 12.8. The Labute approximate surface area is 153 Å². The Morgan fingerprint density at radius 3 is 2.92 bits per heavy atom. The summed E-state index contributed by atoms with van der Waals surface area (Å²) in [5, 5.41) is 11.1. The highest BCUT2D eigenvalue weighted by Crippen LogP contribution is 2.30. The lowest BCUT2D eigenvalue weighted by molar-refractivity contribution is 0.194. The van der Waals surface area contributed by atoms with E-state index in [2.05, 4.69) is 51.0 Å². The number of rotatable bonds is 6. The fraction of sp³-hybridized carbons (Fsp3) is 0.300. The predicted molar refractivity (Wildman–Crippen MR) is 102 cm³/mol. The van der Waals surface area contributed by atoms with Gasteiger partial charge in [-0.15, -0.1) is 0 Å². The van der Waals surface area contributed by atoms with Crippen LogP contribution in [0.5, 0.6) is 5.88 Å². The predicted octanol–water partition coefficient (Wildman–Crippen LogP) is 2.49. The lowest BCUT2D eigenvalue weighted by Crippen LogP contribution is -2.40. The third-order valence-corrected chi connectivity index (χ3v) is 4.49. The van der Waals surface area contributed by atoms with Crippen molar-refractivity contribution in [3.63, 3.8) is 0 Å². The van der Waals surface area contributed by atoms with Gasteiger partial charge in [0.2, 0.25) is 5.88 Å². The molecule has 6 nitrogen and oxygen atoms in total. The molecule has 4 rings (SSSR count). The van der Waals surface area contributed by atoms with Crippen LogP contribution in [0.2, 0.25) is 0 Å². The van der Waals surface area contributed by atoms with E-state index >= 15 is 0 Å². The first kappa shape index (κ1) is 16.6. The smallest absolute Gasteiger partial charge is 0.237 e. The van der Waals surface area contributed by atoms with E-state index in [0.717, 1.165) is 42.9 Å². The van der Waals surface area contributed by atoms with Gasteiger partial charge < -0.3 is 15.4 Å². The van der Waals surface area contributed by atoms with Crippen molar-refractivity contribution >= 4 is 5.69 Å². The largest absolute Gasteiger partial charge is 0.470 e. The maximum absolute atomic E-state index is 6.02. The maximum atomic E-state index is 6.02. The monoisotopic (exact) mass is 349 g/mol. The van der Waals surface area contributed by atoms with Gasteiger partial charge >= 0.3 is 0 Å². The summed E-state index contributed by atoms with van der Waals surface area (Å²) in [5.41, 5.74) is 4.37. The Balaban J connectivity index is 1.30. The average molecular weight is 349 g/mol. The molecule has 2 N–H and O–H groups in total. The van der Waals surface area contributed by atoms with Crippen molar-refractivity contribution in [1.82, 2.24) is 20.1 Å². The number of anilines is 1. The summed E-state index contributed by atoms with van der Waals surface area (Å²) in [7, 11) is 1.91. The second kappa shape index (κ2) is 7.58. The summed E-state index contributed by atoms with van der Waals surface area (Å²) in [4.78, 5) is 4.48. The van der Waals surface area contributed by atoms with Gasteiger partial charge in [0.1, 0.15) is 6.10 Å². The number of aromatic nitrogens is 3. The van der Waals surface area contributed by atoms with Crippen LogP contribution >= 0.6 is 0 Å². The fourth-order valence-corrected chi connectivity index (χ4v) is 3.08. The minimum absolute atomic E-state index is 0.0787. The van der Waals surface area contributed by atoms with Crippen LogP contribution in [0.4, 0.5) is 5.69 Å². The van der Waals surface area contributed by atoms with E-state index in [1.807, 2.05) is 31.7 Å². The maximum Gasteiger partial charge on any atom is 0.237 e. The summed E-state index contributed by atoms with van der Waals surface area (Å²) in [6, 6.07) is 12.6. The third-order valence-electron chi connectivity index (χ3n) is 4.49. The van der Waals surface area contributed by atoms with E-state index in [4.69, 9.17) is 4.74 Å². The molecule has 2 aromatic heterocycles. The van der Waals surface area contributed by atoms with Crippen molar-refractivity contribution in [3.05, 3.63) is 60.6 Å². The van der Waals surface area contributed by atoms with Crippen LogP contribution in [-0.4, -0.2) is 40.5 Å². The molecule has 1 aliphatic rings. The molecular weight excluding hydrogens is 326 g/mol. The Hall–Kier alpha value is -2.86. The van der Waals surface area contributed by atoms with Crippen molar-refractivity contribution in [1.29, 1.82) is 0 Å².